The lowest BCUT2D eigenvalue weighted by Gasteiger charge is -2.28. The van der Waals surface area contributed by atoms with Crippen LogP contribution in [0.1, 0.15) is 71.9 Å². The molecule has 0 aromatic heterocycles. The lowest BCUT2D eigenvalue weighted by molar-refractivity contribution is -0.188. The molecule has 2 N–H and O–H groups in total. The van der Waals surface area contributed by atoms with Gasteiger partial charge in [-0.1, -0.05) is 45.0 Å². The van der Waals surface area contributed by atoms with E-state index in [1.165, 1.54) is 6.26 Å². The van der Waals surface area contributed by atoms with Crippen molar-refractivity contribution in [3.63, 3.8) is 0 Å². The normalized spacial score (nSPS) is 18.4. The minimum atomic E-state index is -0.455. The zero-order valence-electron chi connectivity index (χ0n) is 27.4. The Bertz CT molecular complexity index is 1860. The second-order valence-corrected chi connectivity index (χ2v) is 12.9. The van der Waals surface area contributed by atoms with Gasteiger partial charge < -0.3 is 19.7 Å². The number of hydrogen-bond donors (Lipinski definition) is 2. The molecule has 2 unspecified atom stereocenters. The van der Waals surface area contributed by atoms with E-state index < -0.39 is 17.7 Å². The summed E-state index contributed by atoms with van der Waals surface area (Å²) in [7, 11) is 1.65. The fourth-order valence-electron chi connectivity index (χ4n) is 6.43. The van der Waals surface area contributed by atoms with Crippen LogP contribution in [0.3, 0.4) is 0 Å². The quantitative estimate of drug-likeness (QED) is 0.0813. The average molecular weight is 647 g/mol. The van der Waals surface area contributed by atoms with Crippen LogP contribution in [0.5, 0.6) is 17.2 Å². The lowest BCUT2D eigenvalue weighted by Crippen LogP contribution is -2.30. The molecule has 48 heavy (non-hydrogen) atoms. The summed E-state index contributed by atoms with van der Waals surface area (Å²) in [6.07, 6.45) is 3.47. The highest BCUT2D eigenvalue weighted by Crippen LogP contribution is 2.37. The van der Waals surface area contributed by atoms with Gasteiger partial charge in [0.2, 0.25) is 5.91 Å². The Kier molecular flexibility index (Phi) is 9.06. The first-order chi connectivity index (χ1) is 23.1. The monoisotopic (exact) mass is 646 g/mol. The number of nitrogens with one attached hydrogen (secondary N) is 1. The van der Waals surface area contributed by atoms with Gasteiger partial charge in [0.1, 0.15) is 23.5 Å². The van der Waals surface area contributed by atoms with Crippen LogP contribution >= 0.6 is 0 Å². The number of rotatable bonds is 9. The maximum absolute atomic E-state index is 13.5. The molecule has 9 heteroatoms. The standard InChI is InChI=1S/C39H38N2O7/c1-24-5-6-25(23-47-45)34(21-24)36(42)40-28-11-13-29(14-12-28)41-37(43)33-20-19-32(22-35(33)38(41)44)48-31-17-9-27(10-18-31)39(2,3)26-7-15-30(46-4)16-8-26/h7-20,22-24,34,45H,5-6,21H2,1-4H3,(H,40,42). The molecule has 9 nitrogen and oxygen atoms in total. The Hall–Kier alpha value is -5.41. The predicted molar refractivity (Wildman–Crippen MR) is 183 cm³/mol. The number of fused-ring (bicyclic) bond motifs is 1. The zero-order valence-corrected chi connectivity index (χ0v) is 27.4. The highest BCUT2D eigenvalue weighted by atomic mass is 17.1. The maximum atomic E-state index is 13.5. The van der Waals surface area contributed by atoms with E-state index in [-0.39, 0.29) is 22.4 Å². The minimum absolute atomic E-state index is 0.207. The van der Waals surface area contributed by atoms with E-state index >= 15 is 0 Å². The predicted octanol–water partition coefficient (Wildman–Crippen LogP) is 8.36. The third-order valence-corrected chi connectivity index (χ3v) is 9.41. The molecule has 1 heterocycles. The number of benzene rings is 4. The van der Waals surface area contributed by atoms with Crippen molar-refractivity contribution in [2.45, 2.75) is 45.4 Å². The first-order valence-corrected chi connectivity index (χ1v) is 15.9. The number of hydrogen-bond acceptors (Lipinski definition) is 7. The van der Waals surface area contributed by atoms with Crippen LogP contribution < -0.4 is 19.7 Å². The summed E-state index contributed by atoms with van der Waals surface area (Å²) in [4.78, 5) is 45.2. The van der Waals surface area contributed by atoms with Crippen molar-refractivity contribution >= 4 is 29.1 Å². The summed E-state index contributed by atoms with van der Waals surface area (Å²) in [5, 5.41) is 11.8. The van der Waals surface area contributed by atoms with Crippen molar-refractivity contribution in [3.8, 4) is 17.2 Å². The van der Waals surface area contributed by atoms with Gasteiger partial charge in [-0.2, -0.15) is 0 Å². The molecule has 1 aliphatic heterocycles. The molecule has 0 spiro atoms. The number of imide groups is 1. The van der Waals surface area contributed by atoms with Crippen molar-refractivity contribution in [1.82, 2.24) is 0 Å². The summed E-state index contributed by atoms with van der Waals surface area (Å²) in [5.74, 6) is 0.699. The Balaban J connectivity index is 1.13. The van der Waals surface area contributed by atoms with Crippen LogP contribution in [-0.2, 0) is 15.1 Å². The molecular weight excluding hydrogens is 608 g/mol. The first kappa shape index (κ1) is 32.5. The summed E-state index contributed by atoms with van der Waals surface area (Å²) in [5.41, 5.74) is 4.21. The second kappa shape index (κ2) is 13.4. The van der Waals surface area contributed by atoms with Crippen LogP contribution in [0.4, 0.5) is 11.4 Å². The van der Waals surface area contributed by atoms with Gasteiger partial charge in [0, 0.05) is 11.1 Å². The van der Waals surface area contributed by atoms with Crippen LogP contribution in [0.25, 0.3) is 0 Å². The molecule has 4 aromatic carbocycles. The largest absolute Gasteiger partial charge is 0.497 e. The second-order valence-electron chi connectivity index (χ2n) is 12.9. The van der Waals surface area contributed by atoms with Crippen molar-refractivity contribution in [2.75, 3.05) is 17.3 Å². The van der Waals surface area contributed by atoms with E-state index in [0.717, 1.165) is 33.8 Å². The molecule has 3 amide bonds. The van der Waals surface area contributed by atoms with Gasteiger partial charge in [0.15, 0.2) is 0 Å². The number of nitrogens with zero attached hydrogens (tertiary/aromatic N) is 1. The van der Waals surface area contributed by atoms with Crippen LogP contribution in [0.2, 0.25) is 0 Å². The number of methoxy groups -OCH3 is 1. The maximum Gasteiger partial charge on any atom is 0.266 e. The average Bonchev–Trinajstić information content (AvgIpc) is 3.34. The SMILES string of the molecule is COc1ccc(C(C)(C)c2ccc(Oc3ccc4c(c3)C(=O)N(c3ccc(NC(=O)C5CC(C)CCC5=COO)cc3)C4=O)cc2)cc1. The molecule has 0 radical (unpaired) electrons. The van der Waals surface area contributed by atoms with Crippen LogP contribution in [0.15, 0.2) is 103 Å². The number of carbonyl (C=O) groups excluding carboxylic acids is 3. The molecule has 4 aromatic rings. The summed E-state index contributed by atoms with van der Waals surface area (Å²) < 4.78 is 11.4. The van der Waals surface area contributed by atoms with Crippen LogP contribution in [-0.4, -0.2) is 30.1 Å². The van der Waals surface area contributed by atoms with Crippen molar-refractivity contribution in [3.05, 3.63) is 125 Å². The Morgan fingerprint density at radius 1 is 0.854 bits per heavy atom. The Labute approximate surface area is 279 Å². The molecular formula is C39H38N2O7. The van der Waals surface area contributed by atoms with Gasteiger partial charge >= 0.3 is 0 Å². The Morgan fingerprint density at radius 2 is 1.46 bits per heavy atom. The molecule has 0 bridgehead atoms. The molecule has 1 aliphatic carbocycles. The van der Waals surface area contributed by atoms with E-state index in [9.17, 15) is 14.4 Å². The van der Waals surface area contributed by atoms with E-state index in [1.807, 2.05) is 36.4 Å². The van der Waals surface area contributed by atoms with Crippen molar-refractivity contribution < 1.29 is 34.0 Å². The van der Waals surface area contributed by atoms with E-state index in [0.29, 0.717) is 41.6 Å². The summed E-state index contributed by atoms with van der Waals surface area (Å²) in [6.45, 7) is 6.40. The molecule has 6 rings (SSSR count). The van der Waals surface area contributed by atoms with Gasteiger partial charge in [-0.15, -0.1) is 0 Å². The number of carbonyl (C=O) groups is 3. The first-order valence-electron chi connectivity index (χ1n) is 15.9. The molecule has 2 atom stereocenters. The number of ether oxygens (including phenoxy) is 2. The summed E-state index contributed by atoms with van der Waals surface area (Å²) >= 11 is 0. The highest BCUT2D eigenvalue weighted by Gasteiger charge is 2.37. The van der Waals surface area contributed by atoms with Gasteiger partial charge in [-0.25, -0.2) is 10.2 Å². The van der Waals surface area contributed by atoms with Crippen molar-refractivity contribution in [1.29, 1.82) is 0 Å². The van der Waals surface area contributed by atoms with Gasteiger partial charge in [-0.3, -0.25) is 14.4 Å². The van der Waals surface area contributed by atoms with Gasteiger partial charge in [0.25, 0.3) is 11.8 Å². The Morgan fingerprint density at radius 3 is 2.08 bits per heavy atom. The third-order valence-electron chi connectivity index (χ3n) is 9.41. The topological polar surface area (TPSA) is 114 Å². The highest BCUT2D eigenvalue weighted by molar-refractivity contribution is 6.34. The number of amides is 3. The summed E-state index contributed by atoms with van der Waals surface area (Å²) in [6, 6.07) is 27.3. The molecule has 1 saturated carbocycles. The molecule has 2 aliphatic rings. The molecule has 246 valence electrons. The molecule has 0 saturated heterocycles. The number of anilines is 2. The fraction of sp³-hybridized carbons (Fsp3) is 0.256. The van der Waals surface area contributed by atoms with E-state index in [2.05, 4.69) is 43.1 Å². The smallest absolute Gasteiger partial charge is 0.266 e. The van der Waals surface area contributed by atoms with E-state index in [4.69, 9.17) is 14.7 Å². The van der Waals surface area contributed by atoms with E-state index in [1.54, 1.807) is 49.6 Å². The zero-order chi connectivity index (χ0) is 34.0. The fourth-order valence-corrected chi connectivity index (χ4v) is 6.43. The lowest BCUT2D eigenvalue weighted by atomic mass is 9.78. The van der Waals surface area contributed by atoms with Crippen LogP contribution in [0, 0.1) is 11.8 Å². The van der Waals surface area contributed by atoms with Gasteiger partial charge in [0.05, 0.1) is 29.8 Å². The minimum Gasteiger partial charge on any atom is -0.497 e. The molecule has 1 fully saturated rings. The third kappa shape index (κ3) is 6.41. The van der Waals surface area contributed by atoms with Gasteiger partial charge in [-0.05, 0) is 109 Å². The van der Waals surface area contributed by atoms with Crippen molar-refractivity contribution in [2.24, 2.45) is 11.8 Å².